The number of ether oxygens (including phenoxy) is 2. The molecule has 0 radical (unpaired) electrons. The van der Waals surface area contributed by atoms with Crippen molar-refractivity contribution in [1.29, 1.82) is 0 Å². The summed E-state index contributed by atoms with van der Waals surface area (Å²) in [6, 6.07) is 20.3. The second kappa shape index (κ2) is 12.9. The van der Waals surface area contributed by atoms with Gasteiger partial charge in [-0.1, -0.05) is 48.2 Å². The molecule has 4 rings (SSSR count). The van der Waals surface area contributed by atoms with Crippen LogP contribution in [0.3, 0.4) is 0 Å². The lowest BCUT2D eigenvalue weighted by atomic mass is 10.1. The van der Waals surface area contributed by atoms with Gasteiger partial charge in [-0.3, -0.25) is 20.2 Å². The van der Waals surface area contributed by atoms with E-state index in [9.17, 15) is 22.8 Å². The van der Waals surface area contributed by atoms with Crippen LogP contribution in [0.1, 0.15) is 36.0 Å². The number of carbonyl (C=O) groups is 3. The van der Waals surface area contributed by atoms with Crippen molar-refractivity contribution in [3.05, 3.63) is 89.5 Å². The summed E-state index contributed by atoms with van der Waals surface area (Å²) in [5.41, 5.74) is 2.94. The predicted molar refractivity (Wildman–Crippen MR) is 156 cm³/mol. The monoisotopic (exact) mass is 592 g/mol. The Labute approximate surface area is 242 Å². The predicted octanol–water partition coefficient (Wildman–Crippen LogP) is 5.43. The van der Waals surface area contributed by atoms with Crippen molar-refractivity contribution in [3.8, 4) is 17.6 Å². The van der Waals surface area contributed by atoms with Crippen molar-refractivity contribution in [2.75, 3.05) is 12.4 Å². The normalized spacial score (nSPS) is 16.3. The van der Waals surface area contributed by atoms with Gasteiger partial charge >= 0.3 is 6.09 Å². The molecule has 1 fully saturated rings. The van der Waals surface area contributed by atoms with E-state index in [1.165, 1.54) is 31.4 Å². The minimum Gasteiger partial charge on any atom is -0.497 e. The Morgan fingerprint density at radius 1 is 1.05 bits per heavy atom. The Morgan fingerprint density at radius 2 is 1.78 bits per heavy atom. The molecule has 41 heavy (non-hydrogen) atoms. The maximum absolute atomic E-state index is 13.5. The lowest BCUT2D eigenvalue weighted by Gasteiger charge is -2.24. The van der Waals surface area contributed by atoms with Crippen LogP contribution >= 0.6 is 11.8 Å². The molecule has 1 atom stereocenters. The average molecular weight is 593 g/mol. The van der Waals surface area contributed by atoms with Gasteiger partial charge in [-0.05, 0) is 79.1 Å². The third kappa shape index (κ3) is 6.90. The summed E-state index contributed by atoms with van der Waals surface area (Å²) in [6.07, 6.45) is -0.176. The van der Waals surface area contributed by atoms with Crippen molar-refractivity contribution >= 4 is 44.5 Å². The second-order valence-electron chi connectivity index (χ2n) is 9.15. The van der Waals surface area contributed by atoms with E-state index in [0.29, 0.717) is 28.8 Å². The van der Waals surface area contributed by atoms with Gasteiger partial charge in [-0.2, -0.15) is 0 Å². The van der Waals surface area contributed by atoms with Crippen molar-refractivity contribution in [2.24, 2.45) is 0 Å². The van der Waals surface area contributed by atoms with Crippen LogP contribution in [-0.4, -0.2) is 36.8 Å². The molecule has 2 N–H and O–H groups in total. The topological polar surface area (TPSA) is 128 Å². The number of nitrogens with one attached hydrogen (secondary N) is 2. The molecule has 1 heterocycles. The molecule has 0 bridgehead atoms. The van der Waals surface area contributed by atoms with Gasteiger partial charge in [-0.15, -0.1) is 0 Å². The van der Waals surface area contributed by atoms with E-state index >= 15 is 0 Å². The lowest BCUT2D eigenvalue weighted by molar-refractivity contribution is -0.120. The summed E-state index contributed by atoms with van der Waals surface area (Å²) in [5.74, 6) is 5.67. The molecule has 0 saturated carbocycles. The maximum Gasteiger partial charge on any atom is 0.411 e. The number of benzene rings is 3. The van der Waals surface area contributed by atoms with E-state index in [2.05, 4.69) is 22.5 Å². The fourth-order valence-electron chi connectivity index (χ4n) is 4.11. The summed E-state index contributed by atoms with van der Waals surface area (Å²) in [4.78, 5) is 37.0. The van der Waals surface area contributed by atoms with Gasteiger partial charge < -0.3 is 9.47 Å². The zero-order valence-corrected chi connectivity index (χ0v) is 24.1. The van der Waals surface area contributed by atoms with Crippen LogP contribution in [0, 0.1) is 18.8 Å². The first-order valence-corrected chi connectivity index (χ1v) is 14.9. The third-order valence-electron chi connectivity index (χ3n) is 6.35. The number of imide groups is 1. The van der Waals surface area contributed by atoms with Crippen LogP contribution in [0.25, 0.3) is 0 Å². The molecule has 0 aliphatic carbocycles. The Hall–Kier alpha value is -4.27. The van der Waals surface area contributed by atoms with Gasteiger partial charge in [0, 0.05) is 17.7 Å². The summed E-state index contributed by atoms with van der Waals surface area (Å²) < 4.78 is 35.4. The number of amides is 3. The van der Waals surface area contributed by atoms with Gasteiger partial charge in [0.1, 0.15) is 12.4 Å². The molecule has 3 amide bonds. The van der Waals surface area contributed by atoms with Crippen LogP contribution in [0.4, 0.5) is 15.3 Å². The molecule has 212 valence electrons. The Kier molecular flexibility index (Phi) is 9.37. The number of hydrogen-bond acceptors (Lipinski definition) is 8. The molecule has 1 aliphatic rings. The summed E-state index contributed by atoms with van der Waals surface area (Å²) in [7, 11) is -2.76. The summed E-state index contributed by atoms with van der Waals surface area (Å²) in [6.45, 7) is 2.02. The minimum absolute atomic E-state index is 0.0797. The fraction of sp³-hybridized carbons (Fsp3) is 0.233. The second-order valence-corrected chi connectivity index (χ2v) is 12.9. The highest BCUT2D eigenvalue weighted by molar-refractivity contribution is 8.25. The summed E-state index contributed by atoms with van der Waals surface area (Å²) >= 11 is 0.481. The number of hydrogen-bond donors (Lipinski definition) is 2. The van der Waals surface area contributed by atoms with Gasteiger partial charge in [-0.25, -0.2) is 13.2 Å². The number of unbranched alkanes of at least 4 members (excludes halogenated alkanes) is 1. The first kappa shape index (κ1) is 29.7. The molecular formula is C30H28N2O7S2. The van der Waals surface area contributed by atoms with Crippen molar-refractivity contribution < 1.29 is 32.3 Å². The Balaban J connectivity index is 1.41. The molecule has 1 saturated heterocycles. The number of anilines is 1. The highest BCUT2D eigenvalue weighted by Crippen LogP contribution is 2.44. The van der Waals surface area contributed by atoms with Gasteiger partial charge in [0.25, 0.3) is 11.1 Å². The minimum atomic E-state index is -4.22. The van der Waals surface area contributed by atoms with E-state index in [1.54, 1.807) is 12.1 Å². The molecule has 1 unspecified atom stereocenters. The first-order chi connectivity index (χ1) is 19.6. The highest BCUT2D eigenvalue weighted by Gasteiger charge is 2.57. The molecule has 1 aliphatic heterocycles. The smallest absolute Gasteiger partial charge is 0.411 e. The van der Waals surface area contributed by atoms with E-state index in [1.807, 2.05) is 43.3 Å². The van der Waals surface area contributed by atoms with Crippen molar-refractivity contribution in [2.45, 2.75) is 41.8 Å². The van der Waals surface area contributed by atoms with Crippen LogP contribution in [0.5, 0.6) is 5.75 Å². The SMILES string of the molecule is COc1ccc(S(=O)(=O)C2(CCCC#Cc3cc(NC(=O)OCc4ccccc4)ccc3C)SC(=O)NC2=O)cc1. The molecule has 3 aromatic carbocycles. The number of methoxy groups -OCH3 is 1. The van der Waals surface area contributed by atoms with Crippen LogP contribution in [0.2, 0.25) is 0 Å². The molecule has 3 aromatic rings. The largest absolute Gasteiger partial charge is 0.497 e. The van der Waals surface area contributed by atoms with Crippen molar-refractivity contribution in [1.82, 2.24) is 5.32 Å². The summed E-state index contributed by atoms with van der Waals surface area (Å²) in [5, 5.41) is 4.10. The number of thioether (sulfide) groups is 1. The van der Waals surface area contributed by atoms with Gasteiger partial charge in [0.15, 0.2) is 0 Å². The number of aryl methyl sites for hydroxylation is 1. The first-order valence-electron chi connectivity index (χ1n) is 12.6. The third-order valence-corrected chi connectivity index (χ3v) is 10.4. The van der Waals surface area contributed by atoms with Crippen LogP contribution in [-0.2, 0) is 26.0 Å². The molecular weight excluding hydrogens is 564 g/mol. The Morgan fingerprint density at radius 3 is 2.44 bits per heavy atom. The average Bonchev–Trinajstić information content (AvgIpc) is 3.27. The van der Waals surface area contributed by atoms with E-state index < -0.39 is 31.2 Å². The maximum atomic E-state index is 13.5. The van der Waals surface area contributed by atoms with Crippen molar-refractivity contribution in [3.63, 3.8) is 0 Å². The molecule has 11 heteroatoms. The number of carbonyl (C=O) groups excluding carboxylic acids is 3. The molecule has 0 aromatic heterocycles. The lowest BCUT2D eigenvalue weighted by Crippen LogP contribution is -2.43. The Bertz CT molecular complexity index is 1610. The van der Waals surface area contributed by atoms with Gasteiger partial charge in [0.05, 0.1) is 12.0 Å². The molecule has 0 spiro atoms. The van der Waals surface area contributed by atoms with E-state index in [-0.39, 0.29) is 30.8 Å². The van der Waals surface area contributed by atoms with Crippen LogP contribution in [0.15, 0.2) is 77.7 Å². The molecule has 9 nitrogen and oxygen atoms in total. The quantitative estimate of drug-likeness (QED) is 0.249. The zero-order chi connectivity index (χ0) is 29.5. The number of sulfone groups is 1. The van der Waals surface area contributed by atoms with E-state index in [4.69, 9.17) is 9.47 Å². The standard InChI is InChI=1S/C30H28N2O7S2/c1-21-12-13-24(31-28(34)39-20-22-9-5-3-6-10-22)19-23(21)11-7-4-8-18-30(27(33)32-29(35)40-30)41(36,37)26-16-14-25(38-2)15-17-26/h3,5-6,9-10,12-17,19H,4,8,18,20H2,1-2H3,(H,31,34)(H,32,33,35). The fourth-order valence-corrected chi connectivity index (χ4v) is 7.48. The van der Waals surface area contributed by atoms with Gasteiger partial charge in [0.2, 0.25) is 13.9 Å². The zero-order valence-electron chi connectivity index (χ0n) is 22.4. The van der Waals surface area contributed by atoms with Crippen LogP contribution < -0.4 is 15.4 Å². The van der Waals surface area contributed by atoms with E-state index in [0.717, 1.165) is 11.1 Å². The highest BCUT2D eigenvalue weighted by atomic mass is 32.3. The number of rotatable bonds is 9.